The highest BCUT2D eigenvalue weighted by atomic mass is 127. The molecule has 19 heavy (non-hydrogen) atoms. The molecule has 0 fully saturated rings. The first-order valence-corrected chi connectivity index (χ1v) is 7.20. The van der Waals surface area contributed by atoms with Crippen LogP contribution in [0.4, 0.5) is 17.1 Å². The van der Waals surface area contributed by atoms with Crippen LogP contribution >= 0.6 is 38.5 Å². The van der Waals surface area contributed by atoms with Crippen molar-refractivity contribution in [3.63, 3.8) is 0 Å². The Bertz CT molecular complexity index is 647. The number of anilines is 3. The molecule has 6 heteroatoms. The monoisotopic (exact) mass is 432 g/mol. The van der Waals surface area contributed by atoms with Crippen molar-refractivity contribution in [1.82, 2.24) is 0 Å². The summed E-state index contributed by atoms with van der Waals surface area (Å²) in [5.41, 5.74) is 7.61. The van der Waals surface area contributed by atoms with Gasteiger partial charge in [-0.3, -0.25) is 0 Å². The van der Waals surface area contributed by atoms with Gasteiger partial charge in [-0.05, 0) is 52.9 Å². The van der Waals surface area contributed by atoms with E-state index in [4.69, 9.17) is 5.73 Å². The van der Waals surface area contributed by atoms with Crippen LogP contribution in [0.2, 0.25) is 0 Å². The molecule has 98 valence electrons. The number of halogens is 2. The number of nitrogens with two attached hydrogens (primary N) is 1. The number of benzene rings is 2. The summed E-state index contributed by atoms with van der Waals surface area (Å²) in [5, 5.41) is 12.3. The van der Waals surface area contributed by atoms with Crippen molar-refractivity contribution in [1.29, 1.82) is 0 Å². The van der Waals surface area contributed by atoms with Gasteiger partial charge in [0.15, 0.2) is 0 Å². The number of hydrogen-bond donors (Lipinski definition) is 3. The van der Waals surface area contributed by atoms with E-state index in [2.05, 4.69) is 43.8 Å². The lowest BCUT2D eigenvalue weighted by molar-refractivity contribution is 0.0698. The standard InChI is InChI=1S/C13H10BrIN2O2/c14-7-4-5-9(15)11(6-7)17-12-8(13(18)19)2-1-3-10(12)16/h1-6,17H,16H2,(H,18,19). The smallest absolute Gasteiger partial charge is 0.337 e. The van der Waals surface area contributed by atoms with Crippen molar-refractivity contribution < 1.29 is 9.90 Å². The minimum Gasteiger partial charge on any atom is -0.478 e. The van der Waals surface area contributed by atoms with Crippen LogP contribution in [0.1, 0.15) is 10.4 Å². The van der Waals surface area contributed by atoms with E-state index in [9.17, 15) is 9.90 Å². The molecule has 0 bridgehead atoms. The van der Waals surface area contributed by atoms with E-state index in [1.165, 1.54) is 6.07 Å². The number of aromatic carboxylic acids is 1. The van der Waals surface area contributed by atoms with Gasteiger partial charge >= 0.3 is 5.97 Å². The number of carbonyl (C=O) groups is 1. The Labute approximate surface area is 132 Å². The molecular formula is C13H10BrIN2O2. The maximum Gasteiger partial charge on any atom is 0.337 e. The van der Waals surface area contributed by atoms with Crippen LogP contribution in [0.3, 0.4) is 0 Å². The van der Waals surface area contributed by atoms with Crippen LogP contribution in [0.25, 0.3) is 0 Å². The fraction of sp³-hybridized carbons (Fsp3) is 0. The largest absolute Gasteiger partial charge is 0.478 e. The molecule has 0 atom stereocenters. The molecule has 4 nitrogen and oxygen atoms in total. The minimum absolute atomic E-state index is 0.149. The van der Waals surface area contributed by atoms with Crippen LogP contribution in [0, 0.1) is 3.57 Å². The molecule has 0 aliphatic rings. The van der Waals surface area contributed by atoms with Gasteiger partial charge in [-0.15, -0.1) is 0 Å². The molecule has 2 aromatic carbocycles. The molecule has 0 amide bonds. The Morgan fingerprint density at radius 3 is 2.74 bits per heavy atom. The lowest BCUT2D eigenvalue weighted by Crippen LogP contribution is -2.06. The molecular weight excluding hydrogens is 423 g/mol. The lowest BCUT2D eigenvalue weighted by Gasteiger charge is -2.14. The number of rotatable bonds is 3. The molecule has 4 N–H and O–H groups in total. The molecule has 0 radical (unpaired) electrons. The van der Waals surface area contributed by atoms with E-state index < -0.39 is 5.97 Å². The summed E-state index contributed by atoms with van der Waals surface area (Å²) in [6, 6.07) is 10.5. The van der Waals surface area contributed by atoms with Crippen molar-refractivity contribution >= 4 is 61.6 Å². The lowest BCUT2D eigenvalue weighted by atomic mass is 10.1. The summed E-state index contributed by atoms with van der Waals surface area (Å²) in [6.45, 7) is 0. The van der Waals surface area contributed by atoms with Gasteiger partial charge in [0.1, 0.15) is 0 Å². The van der Waals surface area contributed by atoms with Crippen LogP contribution in [0.5, 0.6) is 0 Å². The fourth-order valence-electron chi connectivity index (χ4n) is 1.62. The van der Waals surface area contributed by atoms with Gasteiger partial charge in [0.05, 0.1) is 22.6 Å². The molecule has 2 rings (SSSR count). The van der Waals surface area contributed by atoms with E-state index in [0.29, 0.717) is 11.4 Å². The van der Waals surface area contributed by atoms with Gasteiger partial charge in [-0.2, -0.15) is 0 Å². The third-order valence-electron chi connectivity index (χ3n) is 2.52. The first-order chi connectivity index (χ1) is 8.99. The third-order valence-corrected chi connectivity index (χ3v) is 3.95. The Balaban J connectivity index is 2.49. The van der Waals surface area contributed by atoms with E-state index in [1.807, 2.05) is 18.2 Å². The predicted octanol–water partition coefficient (Wildman–Crippen LogP) is 4.08. The van der Waals surface area contributed by atoms with Crippen LogP contribution in [-0.4, -0.2) is 11.1 Å². The van der Waals surface area contributed by atoms with Crippen LogP contribution < -0.4 is 11.1 Å². The van der Waals surface area contributed by atoms with Crippen molar-refractivity contribution in [3.05, 3.63) is 50.0 Å². The molecule has 0 aromatic heterocycles. The summed E-state index contributed by atoms with van der Waals surface area (Å²) in [6.07, 6.45) is 0. The zero-order chi connectivity index (χ0) is 14.0. The SMILES string of the molecule is Nc1cccc(C(=O)O)c1Nc1cc(Br)ccc1I. The van der Waals surface area contributed by atoms with Gasteiger partial charge in [0.25, 0.3) is 0 Å². The Morgan fingerprint density at radius 1 is 1.32 bits per heavy atom. The van der Waals surface area contributed by atoms with Crippen molar-refractivity contribution in [2.24, 2.45) is 0 Å². The summed E-state index contributed by atoms with van der Waals surface area (Å²) >= 11 is 5.56. The van der Waals surface area contributed by atoms with Gasteiger partial charge in [0, 0.05) is 8.04 Å². The van der Waals surface area contributed by atoms with Crippen LogP contribution in [-0.2, 0) is 0 Å². The van der Waals surface area contributed by atoms with Gasteiger partial charge in [-0.1, -0.05) is 22.0 Å². The highest BCUT2D eigenvalue weighted by molar-refractivity contribution is 14.1. The average molecular weight is 433 g/mol. The van der Waals surface area contributed by atoms with Crippen molar-refractivity contribution in [2.75, 3.05) is 11.1 Å². The molecule has 0 saturated carbocycles. The molecule has 0 aliphatic heterocycles. The summed E-state index contributed by atoms with van der Waals surface area (Å²) < 4.78 is 1.88. The van der Waals surface area contributed by atoms with Crippen molar-refractivity contribution in [2.45, 2.75) is 0 Å². The first kappa shape index (κ1) is 14.1. The molecule has 0 unspecified atom stereocenters. The topological polar surface area (TPSA) is 75.4 Å². The molecule has 0 aliphatic carbocycles. The van der Waals surface area contributed by atoms with Gasteiger partial charge < -0.3 is 16.2 Å². The van der Waals surface area contributed by atoms with Gasteiger partial charge in [0.2, 0.25) is 0 Å². The van der Waals surface area contributed by atoms with Gasteiger partial charge in [-0.25, -0.2) is 4.79 Å². The molecule has 0 saturated heterocycles. The second kappa shape index (κ2) is 5.79. The minimum atomic E-state index is -1.01. The number of carboxylic acids is 1. The molecule has 2 aromatic rings. The third kappa shape index (κ3) is 3.19. The van der Waals surface area contributed by atoms with Crippen molar-refractivity contribution in [3.8, 4) is 0 Å². The second-order valence-electron chi connectivity index (χ2n) is 3.82. The maximum atomic E-state index is 11.2. The number of nitrogen functional groups attached to an aromatic ring is 1. The Hall–Kier alpha value is -1.28. The number of nitrogens with one attached hydrogen (secondary N) is 1. The van der Waals surface area contributed by atoms with E-state index >= 15 is 0 Å². The number of carboxylic acid groups (broad SMARTS) is 1. The first-order valence-electron chi connectivity index (χ1n) is 5.33. The summed E-state index contributed by atoms with van der Waals surface area (Å²) in [5.74, 6) is -1.01. The highest BCUT2D eigenvalue weighted by Gasteiger charge is 2.13. The summed E-state index contributed by atoms with van der Waals surface area (Å²) in [7, 11) is 0. The predicted molar refractivity (Wildman–Crippen MR) is 88.0 cm³/mol. The normalized spacial score (nSPS) is 10.2. The highest BCUT2D eigenvalue weighted by Crippen LogP contribution is 2.31. The number of hydrogen-bond acceptors (Lipinski definition) is 3. The zero-order valence-electron chi connectivity index (χ0n) is 9.65. The molecule has 0 spiro atoms. The van der Waals surface area contributed by atoms with E-state index in [0.717, 1.165) is 13.7 Å². The average Bonchev–Trinajstić information content (AvgIpc) is 2.35. The quantitative estimate of drug-likeness (QED) is 0.504. The van der Waals surface area contributed by atoms with E-state index in [-0.39, 0.29) is 5.56 Å². The number of para-hydroxylation sites is 1. The van der Waals surface area contributed by atoms with Crippen LogP contribution in [0.15, 0.2) is 40.9 Å². The fourth-order valence-corrected chi connectivity index (χ4v) is 2.45. The summed E-state index contributed by atoms with van der Waals surface area (Å²) in [4.78, 5) is 11.2. The maximum absolute atomic E-state index is 11.2. The zero-order valence-corrected chi connectivity index (χ0v) is 13.4. The molecule has 0 heterocycles. The Kier molecular flexibility index (Phi) is 4.31. The second-order valence-corrected chi connectivity index (χ2v) is 5.90. The Morgan fingerprint density at radius 2 is 2.05 bits per heavy atom. The van der Waals surface area contributed by atoms with E-state index in [1.54, 1.807) is 12.1 Å².